The maximum atomic E-state index is 15.2. The molecule has 2 atom stereocenters. The van der Waals surface area contributed by atoms with Crippen molar-refractivity contribution in [1.82, 2.24) is 36.0 Å². The summed E-state index contributed by atoms with van der Waals surface area (Å²) in [5.74, 6) is -0.344. The summed E-state index contributed by atoms with van der Waals surface area (Å²) >= 11 is 0. The Hall–Kier alpha value is -4.61. The number of H-pyrrole nitrogens is 1. The molecule has 0 spiro atoms. The Labute approximate surface area is 230 Å². The van der Waals surface area contributed by atoms with Crippen LogP contribution in [0.5, 0.6) is 0 Å². The molecule has 0 unspecified atom stereocenters. The van der Waals surface area contributed by atoms with E-state index < -0.39 is 17.1 Å². The van der Waals surface area contributed by atoms with Crippen LogP contribution >= 0.6 is 0 Å². The largest absolute Gasteiger partial charge is 0.365 e. The molecule has 1 saturated carbocycles. The van der Waals surface area contributed by atoms with Gasteiger partial charge in [0.1, 0.15) is 5.82 Å². The Bertz CT molecular complexity index is 1570. The second kappa shape index (κ2) is 10.9. The fourth-order valence-corrected chi connectivity index (χ4v) is 4.73. The highest BCUT2D eigenvalue weighted by Crippen LogP contribution is 2.34. The number of halogens is 1. The molecule has 40 heavy (non-hydrogen) atoms. The van der Waals surface area contributed by atoms with E-state index in [0.29, 0.717) is 28.5 Å². The smallest absolute Gasteiger partial charge is 0.292 e. The number of benzene rings is 1. The summed E-state index contributed by atoms with van der Waals surface area (Å²) in [6, 6.07) is 6.83. The standard InChI is InChI=1S/C28H31FN8O3/c1-5-21(38)32-17-8-9-18(13-17)33-24-22-19(10-11-30-23(22)35-36-24)15-6-7-16(20(29)12-15)14-31-26(39)25-34-27(40-37-25)28(2,3)4/h5-7,10-12,17-18H,1,8-9,13-14H2,2-4H3,(H,31,39)(H,32,38)(H2,30,33,35,36)/t17-,18+/m0/s1. The van der Waals surface area contributed by atoms with Crippen molar-refractivity contribution in [1.29, 1.82) is 0 Å². The molecule has 208 valence electrons. The van der Waals surface area contributed by atoms with Crippen LogP contribution in [0.3, 0.4) is 0 Å². The number of nitrogens with zero attached hydrogens (tertiary/aromatic N) is 4. The third-order valence-electron chi connectivity index (χ3n) is 6.84. The topological polar surface area (TPSA) is 151 Å². The van der Waals surface area contributed by atoms with Crippen LogP contribution in [0.1, 0.15) is 62.1 Å². The normalized spacial score (nSPS) is 17.1. The van der Waals surface area contributed by atoms with E-state index in [0.717, 1.165) is 30.2 Å². The van der Waals surface area contributed by atoms with Crippen LogP contribution in [0.15, 0.2) is 47.6 Å². The van der Waals surface area contributed by atoms with E-state index >= 15 is 4.39 Å². The summed E-state index contributed by atoms with van der Waals surface area (Å²) in [5, 5.41) is 20.9. The molecule has 4 N–H and O–H groups in total. The first-order chi connectivity index (χ1) is 19.1. The van der Waals surface area contributed by atoms with Gasteiger partial charge in [-0.05, 0) is 48.6 Å². The van der Waals surface area contributed by atoms with Crippen molar-refractivity contribution in [2.45, 2.75) is 64.1 Å². The van der Waals surface area contributed by atoms with E-state index in [1.165, 1.54) is 12.1 Å². The molecule has 3 aromatic heterocycles. The average molecular weight is 547 g/mol. The first kappa shape index (κ1) is 27.0. The summed E-state index contributed by atoms with van der Waals surface area (Å²) in [7, 11) is 0. The number of pyridine rings is 1. The zero-order valence-electron chi connectivity index (χ0n) is 22.5. The molecule has 5 rings (SSSR count). The van der Waals surface area contributed by atoms with Crippen molar-refractivity contribution in [3.8, 4) is 11.1 Å². The van der Waals surface area contributed by atoms with Crippen molar-refractivity contribution in [3.05, 3.63) is 66.2 Å². The molecule has 1 aliphatic rings. The predicted octanol–water partition coefficient (Wildman–Crippen LogP) is 4.01. The van der Waals surface area contributed by atoms with Gasteiger partial charge in [-0.15, -0.1) is 0 Å². The van der Waals surface area contributed by atoms with Gasteiger partial charge in [-0.25, -0.2) is 9.37 Å². The van der Waals surface area contributed by atoms with E-state index in [4.69, 9.17) is 4.52 Å². The van der Waals surface area contributed by atoms with Crippen molar-refractivity contribution in [2.75, 3.05) is 5.32 Å². The van der Waals surface area contributed by atoms with Crippen LogP contribution in [0.4, 0.5) is 10.2 Å². The number of hydrogen-bond acceptors (Lipinski definition) is 8. The second-order valence-electron chi connectivity index (χ2n) is 10.9. The van der Waals surface area contributed by atoms with Crippen LogP contribution in [0.2, 0.25) is 0 Å². The highest BCUT2D eigenvalue weighted by atomic mass is 19.1. The number of hydrogen-bond donors (Lipinski definition) is 4. The number of amides is 2. The summed E-state index contributed by atoms with van der Waals surface area (Å²) < 4.78 is 20.3. The van der Waals surface area contributed by atoms with E-state index in [9.17, 15) is 9.59 Å². The lowest BCUT2D eigenvalue weighted by Crippen LogP contribution is -2.32. The molecule has 1 aromatic carbocycles. The van der Waals surface area contributed by atoms with Gasteiger partial charge in [0.15, 0.2) is 11.5 Å². The number of aromatic amines is 1. The summed E-state index contributed by atoms with van der Waals surface area (Å²) in [4.78, 5) is 32.6. The lowest BCUT2D eigenvalue weighted by Gasteiger charge is -2.14. The van der Waals surface area contributed by atoms with Gasteiger partial charge in [0.2, 0.25) is 11.8 Å². The molecule has 0 bridgehead atoms. The molecule has 1 fully saturated rings. The molecule has 2 amide bonds. The Kier molecular flexibility index (Phi) is 7.33. The number of rotatable bonds is 8. The third kappa shape index (κ3) is 5.70. The summed E-state index contributed by atoms with van der Waals surface area (Å²) in [5.41, 5.74) is 1.89. The quantitative estimate of drug-likeness (QED) is 0.242. The minimum absolute atomic E-state index is 0.0418. The molecular formula is C28H31FN8O3. The highest BCUT2D eigenvalue weighted by Gasteiger charge is 2.27. The van der Waals surface area contributed by atoms with Crippen LogP contribution < -0.4 is 16.0 Å². The van der Waals surface area contributed by atoms with Crippen LogP contribution in [0, 0.1) is 5.82 Å². The zero-order chi connectivity index (χ0) is 28.4. The monoisotopic (exact) mass is 546 g/mol. The van der Waals surface area contributed by atoms with Gasteiger partial charge in [-0.3, -0.25) is 14.7 Å². The van der Waals surface area contributed by atoms with E-state index in [1.807, 2.05) is 26.8 Å². The lowest BCUT2D eigenvalue weighted by atomic mass is 9.97. The Morgan fingerprint density at radius 1 is 1.23 bits per heavy atom. The first-order valence-electron chi connectivity index (χ1n) is 13.1. The van der Waals surface area contributed by atoms with Gasteiger partial charge in [-0.2, -0.15) is 10.1 Å². The number of carbonyl (C=O) groups excluding carboxylic acids is 2. The van der Waals surface area contributed by atoms with Crippen molar-refractivity contribution in [2.24, 2.45) is 0 Å². The van der Waals surface area contributed by atoms with Crippen LogP contribution in [0.25, 0.3) is 22.2 Å². The maximum absolute atomic E-state index is 15.2. The van der Waals surface area contributed by atoms with E-state index in [1.54, 1.807) is 18.3 Å². The highest BCUT2D eigenvalue weighted by molar-refractivity contribution is 6.00. The van der Waals surface area contributed by atoms with Crippen LogP contribution in [-0.2, 0) is 16.8 Å². The predicted molar refractivity (Wildman–Crippen MR) is 147 cm³/mol. The molecule has 11 nitrogen and oxygen atoms in total. The lowest BCUT2D eigenvalue weighted by molar-refractivity contribution is -0.117. The molecule has 0 saturated heterocycles. The molecule has 12 heteroatoms. The number of carbonyl (C=O) groups is 2. The number of nitrogens with one attached hydrogen (secondary N) is 4. The van der Waals surface area contributed by atoms with Gasteiger partial charge in [0, 0.05) is 35.8 Å². The summed E-state index contributed by atoms with van der Waals surface area (Å²) in [6.07, 6.45) is 5.37. The molecule has 0 aliphatic heterocycles. The van der Waals surface area contributed by atoms with E-state index in [2.05, 4.69) is 47.9 Å². The fourth-order valence-electron chi connectivity index (χ4n) is 4.73. The van der Waals surface area contributed by atoms with Gasteiger partial charge >= 0.3 is 0 Å². The molecule has 0 radical (unpaired) electrons. The zero-order valence-corrected chi connectivity index (χ0v) is 22.5. The Morgan fingerprint density at radius 2 is 2.02 bits per heavy atom. The van der Waals surface area contributed by atoms with Gasteiger partial charge in [-0.1, -0.05) is 44.6 Å². The average Bonchev–Trinajstić information content (AvgIpc) is 3.68. The van der Waals surface area contributed by atoms with Gasteiger partial charge in [0.25, 0.3) is 11.7 Å². The number of anilines is 1. The number of aromatic nitrogens is 5. The molecule has 1 aliphatic carbocycles. The van der Waals surface area contributed by atoms with Crippen molar-refractivity contribution in [3.63, 3.8) is 0 Å². The summed E-state index contributed by atoms with van der Waals surface area (Å²) in [6.45, 7) is 9.15. The minimum Gasteiger partial charge on any atom is -0.365 e. The number of fused-ring (bicyclic) bond motifs is 1. The third-order valence-corrected chi connectivity index (χ3v) is 6.84. The minimum atomic E-state index is -0.550. The Balaban J connectivity index is 1.30. The van der Waals surface area contributed by atoms with Crippen molar-refractivity contribution >= 4 is 28.7 Å². The Morgan fingerprint density at radius 3 is 2.75 bits per heavy atom. The molecular weight excluding hydrogens is 515 g/mol. The molecule has 4 aromatic rings. The van der Waals surface area contributed by atoms with E-state index in [-0.39, 0.29) is 30.4 Å². The van der Waals surface area contributed by atoms with Gasteiger partial charge in [0.05, 0.1) is 5.39 Å². The van der Waals surface area contributed by atoms with Crippen LogP contribution in [-0.4, -0.2) is 49.2 Å². The molecule has 3 heterocycles. The first-order valence-corrected chi connectivity index (χ1v) is 13.1. The fraction of sp³-hybridized carbons (Fsp3) is 0.357. The second-order valence-corrected chi connectivity index (χ2v) is 10.9. The SMILES string of the molecule is C=CC(=O)N[C@H]1CC[C@@H](Nc2n[nH]c3nccc(-c4ccc(CNC(=O)c5noc(C(C)(C)C)n5)c(F)c4)c23)C1. The van der Waals surface area contributed by atoms with Gasteiger partial charge < -0.3 is 20.5 Å². The maximum Gasteiger partial charge on any atom is 0.292 e. The van der Waals surface area contributed by atoms with Crippen molar-refractivity contribution < 1.29 is 18.5 Å².